The first-order valence-corrected chi connectivity index (χ1v) is 6.10. The summed E-state index contributed by atoms with van der Waals surface area (Å²) in [5, 5.41) is 8.82. The van der Waals surface area contributed by atoms with Gasteiger partial charge in [-0.15, -0.1) is 0 Å². The van der Waals surface area contributed by atoms with Crippen molar-refractivity contribution in [3.05, 3.63) is 41.5 Å². The van der Waals surface area contributed by atoms with E-state index >= 15 is 0 Å². The topological polar surface area (TPSA) is 23.8 Å². The lowest BCUT2D eigenvalue weighted by Crippen LogP contribution is -1.97. The number of nitrogens with zero attached hydrogens (tertiary/aromatic N) is 1. The molecule has 0 amide bonds. The van der Waals surface area contributed by atoms with E-state index in [-0.39, 0.29) is 0 Å². The number of hydrogen-bond acceptors (Lipinski definition) is 1. The zero-order valence-corrected chi connectivity index (χ0v) is 10.7. The highest BCUT2D eigenvalue weighted by Gasteiger charge is 2.09. The Morgan fingerprint density at radius 2 is 1.69 bits per heavy atom. The van der Waals surface area contributed by atoms with Gasteiger partial charge in [-0.05, 0) is 24.0 Å². The lowest BCUT2D eigenvalue weighted by molar-refractivity contribution is 0.980. The molecule has 0 unspecified atom stereocenters. The molecule has 86 valence electrons. The molecule has 1 aromatic rings. The van der Waals surface area contributed by atoms with Gasteiger partial charge >= 0.3 is 0 Å². The summed E-state index contributed by atoms with van der Waals surface area (Å²) in [5.41, 5.74) is 3.25. The summed E-state index contributed by atoms with van der Waals surface area (Å²) in [6.07, 6.45) is 4.09. The molecule has 0 saturated carbocycles. The molecule has 0 aromatic heterocycles. The van der Waals surface area contributed by atoms with Gasteiger partial charge in [0.2, 0.25) is 0 Å². The van der Waals surface area contributed by atoms with Crippen molar-refractivity contribution in [2.75, 3.05) is 0 Å². The van der Waals surface area contributed by atoms with Crippen LogP contribution < -0.4 is 0 Å². The number of hydrogen-bond donors (Lipinski definition) is 0. The van der Waals surface area contributed by atoms with Crippen LogP contribution in [0.15, 0.2) is 30.3 Å². The van der Waals surface area contributed by atoms with Crippen molar-refractivity contribution in [2.45, 2.75) is 40.5 Å². The van der Waals surface area contributed by atoms with Crippen molar-refractivity contribution in [1.82, 2.24) is 0 Å². The van der Waals surface area contributed by atoms with Crippen LogP contribution in [0.1, 0.15) is 45.2 Å². The Kier molecular flexibility index (Phi) is 7.89. The SMILES string of the molecule is CC.CC.N#CC1=CCCc2ccccc21. The molecule has 1 nitrogen and oxygen atoms in total. The number of benzene rings is 1. The number of fused-ring (bicyclic) bond motifs is 1. The second-order valence-electron chi connectivity index (χ2n) is 2.93. The highest BCUT2D eigenvalue weighted by molar-refractivity contribution is 5.79. The van der Waals surface area contributed by atoms with Crippen molar-refractivity contribution in [1.29, 1.82) is 5.26 Å². The molecular weight excluding hydrogens is 194 g/mol. The predicted molar refractivity (Wildman–Crippen MR) is 71.0 cm³/mol. The Labute approximate surface area is 99.4 Å². The van der Waals surface area contributed by atoms with Crippen LogP contribution in [0, 0.1) is 11.3 Å². The average molecular weight is 215 g/mol. The van der Waals surface area contributed by atoms with Crippen LogP contribution in [0.25, 0.3) is 5.57 Å². The summed E-state index contributed by atoms with van der Waals surface area (Å²) in [6, 6.07) is 10.3. The number of allylic oxidation sites excluding steroid dienone is 2. The van der Waals surface area contributed by atoms with Crippen molar-refractivity contribution >= 4 is 5.57 Å². The van der Waals surface area contributed by atoms with E-state index < -0.39 is 0 Å². The molecule has 16 heavy (non-hydrogen) atoms. The minimum atomic E-state index is 0.830. The van der Waals surface area contributed by atoms with Gasteiger partial charge in [0, 0.05) is 0 Å². The molecule has 0 N–H and O–H groups in total. The number of rotatable bonds is 0. The fraction of sp³-hybridized carbons (Fsp3) is 0.400. The maximum Gasteiger partial charge on any atom is 0.0994 e. The number of nitriles is 1. The van der Waals surface area contributed by atoms with Crippen LogP contribution in [-0.2, 0) is 6.42 Å². The van der Waals surface area contributed by atoms with Crippen molar-refractivity contribution in [3.63, 3.8) is 0 Å². The zero-order chi connectivity index (χ0) is 12.4. The minimum absolute atomic E-state index is 0.830. The summed E-state index contributed by atoms with van der Waals surface area (Å²) in [4.78, 5) is 0. The third kappa shape index (κ3) is 3.55. The average Bonchev–Trinajstić information content (AvgIpc) is 2.42. The summed E-state index contributed by atoms with van der Waals surface area (Å²) in [6.45, 7) is 8.00. The van der Waals surface area contributed by atoms with E-state index in [9.17, 15) is 0 Å². The molecule has 1 heteroatoms. The normalized spacial score (nSPS) is 11.6. The van der Waals surface area contributed by atoms with E-state index in [1.165, 1.54) is 5.56 Å². The van der Waals surface area contributed by atoms with E-state index in [0.29, 0.717) is 0 Å². The van der Waals surface area contributed by atoms with Gasteiger partial charge in [0.1, 0.15) is 0 Å². The molecule has 0 bridgehead atoms. The van der Waals surface area contributed by atoms with Gasteiger partial charge in [-0.3, -0.25) is 0 Å². The van der Waals surface area contributed by atoms with Gasteiger partial charge in [0.15, 0.2) is 0 Å². The van der Waals surface area contributed by atoms with Gasteiger partial charge in [0.25, 0.3) is 0 Å². The predicted octanol–water partition coefficient (Wildman–Crippen LogP) is 4.59. The summed E-state index contributed by atoms with van der Waals surface area (Å²) in [7, 11) is 0. The van der Waals surface area contributed by atoms with Crippen LogP contribution in [0.2, 0.25) is 0 Å². The fourth-order valence-electron chi connectivity index (χ4n) is 1.59. The molecule has 1 aromatic carbocycles. The van der Waals surface area contributed by atoms with Crippen molar-refractivity contribution in [2.24, 2.45) is 0 Å². The second kappa shape index (κ2) is 8.73. The van der Waals surface area contributed by atoms with E-state index in [1.807, 2.05) is 52.0 Å². The smallest absolute Gasteiger partial charge is 0.0994 e. The Bertz CT molecular complexity index is 369. The first kappa shape index (κ1) is 14.5. The summed E-state index contributed by atoms with van der Waals surface area (Å²) >= 11 is 0. The molecule has 1 aliphatic carbocycles. The lowest BCUT2D eigenvalue weighted by atomic mass is 9.92. The second-order valence-corrected chi connectivity index (χ2v) is 2.93. The van der Waals surface area contributed by atoms with Gasteiger partial charge in [-0.25, -0.2) is 0 Å². The molecule has 0 heterocycles. The Morgan fingerprint density at radius 1 is 1.06 bits per heavy atom. The van der Waals surface area contributed by atoms with E-state index in [2.05, 4.69) is 12.1 Å². The minimum Gasteiger partial charge on any atom is -0.192 e. The highest BCUT2D eigenvalue weighted by atomic mass is 14.3. The van der Waals surface area contributed by atoms with Crippen LogP contribution >= 0.6 is 0 Å². The van der Waals surface area contributed by atoms with Gasteiger partial charge in [0.05, 0.1) is 11.6 Å². The highest BCUT2D eigenvalue weighted by Crippen LogP contribution is 2.24. The molecule has 0 radical (unpaired) electrons. The summed E-state index contributed by atoms with van der Waals surface area (Å²) < 4.78 is 0. The van der Waals surface area contributed by atoms with Crippen LogP contribution in [0.3, 0.4) is 0 Å². The lowest BCUT2D eigenvalue weighted by Gasteiger charge is -2.11. The quantitative estimate of drug-likeness (QED) is 0.621. The molecule has 0 fully saturated rings. The standard InChI is InChI=1S/C11H9N.2C2H6/c12-8-10-6-3-5-9-4-1-2-7-11(9)10;2*1-2/h1-2,4,6-7H,3,5H2;2*1-2H3. The third-order valence-electron chi connectivity index (χ3n) is 2.19. The van der Waals surface area contributed by atoms with E-state index in [1.54, 1.807) is 0 Å². The van der Waals surface area contributed by atoms with Crippen molar-refractivity contribution < 1.29 is 0 Å². The van der Waals surface area contributed by atoms with Gasteiger partial charge < -0.3 is 0 Å². The van der Waals surface area contributed by atoms with Gasteiger partial charge in [-0.1, -0.05) is 58.0 Å². The largest absolute Gasteiger partial charge is 0.192 e. The molecular formula is C15H21N. The maximum atomic E-state index is 8.82. The summed E-state index contributed by atoms with van der Waals surface area (Å²) in [5.74, 6) is 0. The first-order chi connectivity index (χ1) is 7.92. The number of aryl methyl sites for hydroxylation is 1. The molecule has 0 atom stereocenters. The first-order valence-electron chi connectivity index (χ1n) is 6.10. The van der Waals surface area contributed by atoms with E-state index in [0.717, 1.165) is 24.0 Å². The Balaban J connectivity index is 0.000000509. The molecule has 1 aliphatic rings. The molecule has 2 rings (SSSR count). The van der Waals surface area contributed by atoms with Gasteiger partial charge in [-0.2, -0.15) is 5.26 Å². The van der Waals surface area contributed by atoms with E-state index in [4.69, 9.17) is 5.26 Å². The molecule has 0 saturated heterocycles. The molecule has 0 spiro atoms. The van der Waals surface area contributed by atoms with Crippen LogP contribution in [0.4, 0.5) is 0 Å². The Morgan fingerprint density at radius 3 is 2.31 bits per heavy atom. The zero-order valence-electron chi connectivity index (χ0n) is 10.7. The van der Waals surface area contributed by atoms with Crippen LogP contribution in [-0.4, -0.2) is 0 Å². The third-order valence-corrected chi connectivity index (χ3v) is 2.19. The van der Waals surface area contributed by atoms with Crippen LogP contribution in [0.5, 0.6) is 0 Å². The maximum absolute atomic E-state index is 8.82. The van der Waals surface area contributed by atoms with Crippen molar-refractivity contribution in [3.8, 4) is 6.07 Å². The monoisotopic (exact) mass is 215 g/mol. The fourth-order valence-corrected chi connectivity index (χ4v) is 1.59. The molecule has 0 aliphatic heterocycles. The Hall–Kier alpha value is -1.55.